The van der Waals surface area contributed by atoms with Gasteiger partial charge in [-0.1, -0.05) is 29.3 Å². The Morgan fingerprint density at radius 3 is 2.34 bits per heavy atom. The predicted molar refractivity (Wildman–Crippen MR) is 125 cm³/mol. The van der Waals surface area contributed by atoms with Gasteiger partial charge in [-0.15, -0.1) is 0 Å². The highest BCUT2D eigenvalue weighted by atomic mass is 35.5. The van der Waals surface area contributed by atoms with Gasteiger partial charge in [0.1, 0.15) is 6.04 Å². The Kier molecular flexibility index (Phi) is 9.92. The number of hydrogen-bond acceptors (Lipinski definition) is 5. The van der Waals surface area contributed by atoms with Crippen LogP contribution in [-0.4, -0.2) is 40.1 Å². The molecule has 0 saturated heterocycles. The lowest BCUT2D eigenvalue weighted by Crippen LogP contribution is -2.41. The van der Waals surface area contributed by atoms with Gasteiger partial charge < -0.3 is 15.4 Å². The molecule has 2 aromatic carbocycles. The number of halogens is 4. The Morgan fingerprint density at radius 1 is 1.09 bits per heavy atom. The monoisotopic (exact) mass is 535 g/mol. The molecule has 2 rings (SSSR count). The summed E-state index contributed by atoms with van der Waals surface area (Å²) in [5.41, 5.74) is -0.283. The molecule has 0 aliphatic heterocycles. The van der Waals surface area contributed by atoms with Gasteiger partial charge in [0.15, 0.2) is 0 Å². The third kappa shape index (κ3) is 8.71. The van der Waals surface area contributed by atoms with Crippen molar-refractivity contribution in [3.63, 3.8) is 0 Å². The molecule has 8 nitrogen and oxygen atoms in total. The van der Waals surface area contributed by atoms with Crippen molar-refractivity contribution >= 4 is 39.3 Å². The molecule has 0 aliphatic rings. The summed E-state index contributed by atoms with van der Waals surface area (Å²) in [6.07, 6.45) is -3.81. The highest BCUT2D eigenvalue weighted by molar-refractivity contribution is 7.89. The number of benzene rings is 2. The lowest BCUT2D eigenvalue weighted by Gasteiger charge is -2.17. The SMILES string of the molecule is COC(=O)C(CCCCNC(=O)Nc1cc(C(F)(F)F)ccc1Cl)NS(=O)(=O)c1ccc(C)cc1. The number of hydrogen-bond donors (Lipinski definition) is 3. The number of carbonyl (C=O) groups is 2. The van der Waals surface area contributed by atoms with Gasteiger partial charge in [-0.25, -0.2) is 13.2 Å². The standard InChI is InChI=1S/C22H25ClF3N3O5S/c1-14-6-9-16(10-7-14)35(32,33)29-18(20(30)34-2)5-3-4-12-27-21(31)28-19-13-15(22(24,25)26)8-11-17(19)23/h6-11,13,18,29H,3-5,12H2,1-2H3,(H2,27,28,31). The Labute approximate surface area is 206 Å². The van der Waals surface area contributed by atoms with Crippen LogP contribution in [0.5, 0.6) is 0 Å². The lowest BCUT2D eigenvalue weighted by molar-refractivity contribution is -0.142. The first kappa shape index (κ1) is 28.4. The summed E-state index contributed by atoms with van der Waals surface area (Å²) >= 11 is 5.85. The molecule has 0 radical (unpaired) electrons. The zero-order valence-electron chi connectivity index (χ0n) is 18.9. The van der Waals surface area contributed by atoms with E-state index in [-0.39, 0.29) is 28.6 Å². The molecule has 13 heteroatoms. The highest BCUT2D eigenvalue weighted by Gasteiger charge is 2.31. The average Bonchev–Trinajstić information content (AvgIpc) is 2.78. The number of alkyl halides is 3. The van der Waals surface area contributed by atoms with Crippen LogP contribution in [0, 0.1) is 6.92 Å². The number of ether oxygens (including phenoxy) is 1. The Bertz CT molecular complexity index is 1140. The van der Waals surface area contributed by atoms with E-state index in [1.807, 2.05) is 6.92 Å². The zero-order chi connectivity index (χ0) is 26.2. The van der Waals surface area contributed by atoms with E-state index in [2.05, 4.69) is 20.1 Å². The van der Waals surface area contributed by atoms with Gasteiger partial charge in [-0.2, -0.15) is 17.9 Å². The summed E-state index contributed by atoms with van der Waals surface area (Å²) < 4.78 is 70.7. The molecule has 3 N–H and O–H groups in total. The summed E-state index contributed by atoms with van der Waals surface area (Å²) in [5.74, 6) is -0.759. The van der Waals surface area contributed by atoms with Gasteiger partial charge in [0.25, 0.3) is 0 Å². The molecule has 1 atom stereocenters. The predicted octanol–water partition coefficient (Wildman–Crippen LogP) is 4.48. The van der Waals surface area contributed by atoms with Crippen molar-refractivity contribution in [2.24, 2.45) is 0 Å². The molecule has 0 spiro atoms. The topological polar surface area (TPSA) is 114 Å². The van der Waals surface area contributed by atoms with Crippen molar-refractivity contribution in [3.8, 4) is 0 Å². The van der Waals surface area contributed by atoms with E-state index in [1.165, 1.54) is 12.1 Å². The van der Waals surface area contributed by atoms with Crippen LogP contribution >= 0.6 is 11.6 Å². The Hall–Kier alpha value is -2.83. The number of anilines is 1. The van der Waals surface area contributed by atoms with Gasteiger partial charge in [0.05, 0.1) is 28.3 Å². The van der Waals surface area contributed by atoms with Crippen LogP contribution in [0.3, 0.4) is 0 Å². The molecule has 2 aromatic rings. The molecule has 1 unspecified atom stereocenters. The molecule has 0 bridgehead atoms. The van der Waals surface area contributed by atoms with Gasteiger partial charge >= 0.3 is 18.2 Å². The number of aryl methyl sites for hydroxylation is 1. The van der Waals surface area contributed by atoms with Gasteiger partial charge in [0.2, 0.25) is 10.0 Å². The van der Waals surface area contributed by atoms with Crippen LogP contribution in [0.15, 0.2) is 47.4 Å². The molecule has 0 saturated carbocycles. The smallest absolute Gasteiger partial charge is 0.416 e. The van der Waals surface area contributed by atoms with E-state index in [9.17, 15) is 31.2 Å². The third-order valence-electron chi connectivity index (χ3n) is 4.86. The summed E-state index contributed by atoms with van der Waals surface area (Å²) in [7, 11) is -2.82. The first-order chi connectivity index (χ1) is 16.3. The number of amides is 2. The molecule has 35 heavy (non-hydrogen) atoms. The molecule has 0 fully saturated rings. The lowest BCUT2D eigenvalue weighted by atomic mass is 10.1. The third-order valence-corrected chi connectivity index (χ3v) is 6.68. The summed E-state index contributed by atoms with van der Waals surface area (Å²) in [6, 6.07) is 6.76. The zero-order valence-corrected chi connectivity index (χ0v) is 20.5. The van der Waals surface area contributed by atoms with Gasteiger partial charge in [0, 0.05) is 6.54 Å². The Morgan fingerprint density at radius 2 is 1.74 bits per heavy atom. The van der Waals surface area contributed by atoms with E-state index >= 15 is 0 Å². The van der Waals surface area contributed by atoms with E-state index in [0.29, 0.717) is 12.8 Å². The quantitative estimate of drug-likeness (QED) is 0.307. The van der Waals surface area contributed by atoms with Crippen LogP contribution in [0.1, 0.15) is 30.4 Å². The van der Waals surface area contributed by atoms with Crippen molar-refractivity contribution < 1.29 is 35.9 Å². The molecule has 0 heterocycles. The number of esters is 1. The van der Waals surface area contributed by atoms with Crippen LogP contribution in [0.4, 0.5) is 23.7 Å². The second-order valence-corrected chi connectivity index (χ2v) is 9.70. The first-order valence-corrected chi connectivity index (χ1v) is 12.3. The molecular formula is C22H25ClF3N3O5S. The van der Waals surface area contributed by atoms with E-state index in [0.717, 1.165) is 30.9 Å². The van der Waals surface area contributed by atoms with Crippen molar-refractivity contribution in [2.45, 2.75) is 43.3 Å². The number of unbranched alkanes of at least 4 members (excludes halogenated alkanes) is 1. The molecule has 0 aliphatic carbocycles. The highest BCUT2D eigenvalue weighted by Crippen LogP contribution is 2.33. The van der Waals surface area contributed by atoms with Crippen LogP contribution in [-0.2, 0) is 25.7 Å². The first-order valence-electron chi connectivity index (χ1n) is 10.4. The number of methoxy groups -OCH3 is 1. The van der Waals surface area contributed by atoms with Crippen molar-refractivity contribution in [3.05, 3.63) is 58.6 Å². The second kappa shape index (κ2) is 12.2. The molecule has 2 amide bonds. The van der Waals surface area contributed by atoms with Gasteiger partial charge in [-0.05, 0) is 56.5 Å². The maximum absolute atomic E-state index is 12.8. The molecule has 192 valence electrons. The maximum Gasteiger partial charge on any atom is 0.416 e. The number of sulfonamides is 1. The van der Waals surface area contributed by atoms with Crippen LogP contribution in [0.2, 0.25) is 5.02 Å². The molecule has 0 aromatic heterocycles. The van der Waals surface area contributed by atoms with E-state index in [1.54, 1.807) is 12.1 Å². The van der Waals surface area contributed by atoms with Crippen LogP contribution in [0.25, 0.3) is 0 Å². The van der Waals surface area contributed by atoms with Crippen molar-refractivity contribution in [1.82, 2.24) is 10.0 Å². The van der Waals surface area contributed by atoms with Crippen molar-refractivity contribution in [2.75, 3.05) is 19.0 Å². The Balaban J connectivity index is 1.86. The normalized spacial score (nSPS) is 12.6. The number of rotatable bonds is 10. The minimum absolute atomic E-state index is 0.00333. The van der Waals surface area contributed by atoms with Crippen LogP contribution < -0.4 is 15.4 Å². The van der Waals surface area contributed by atoms with E-state index in [4.69, 9.17) is 11.6 Å². The minimum atomic E-state index is -4.59. The average molecular weight is 536 g/mol. The maximum atomic E-state index is 12.8. The second-order valence-electron chi connectivity index (χ2n) is 7.58. The molecular weight excluding hydrogens is 511 g/mol. The van der Waals surface area contributed by atoms with Gasteiger partial charge in [-0.3, -0.25) is 4.79 Å². The summed E-state index contributed by atoms with van der Waals surface area (Å²) in [6.45, 7) is 1.92. The minimum Gasteiger partial charge on any atom is -0.468 e. The summed E-state index contributed by atoms with van der Waals surface area (Å²) in [5, 5.41) is 4.66. The summed E-state index contributed by atoms with van der Waals surface area (Å²) in [4.78, 5) is 24.1. The number of urea groups is 1. The van der Waals surface area contributed by atoms with Crippen molar-refractivity contribution in [1.29, 1.82) is 0 Å². The fourth-order valence-corrected chi connectivity index (χ4v) is 4.36. The largest absolute Gasteiger partial charge is 0.468 e. The number of carbonyl (C=O) groups excluding carboxylic acids is 2. The van der Waals surface area contributed by atoms with E-state index < -0.39 is 39.8 Å². The number of nitrogens with one attached hydrogen (secondary N) is 3. The fraction of sp³-hybridized carbons (Fsp3) is 0.364. The fourth-order valence-electron chi connectivity index (χ4n) is 2.98.